The van der Waals surface area contributed by atoms with Crippen molar-refractivity contribution in [2.75, 3.05) is 11.4 Å². The summed E-state index contributed by atoms with van der Waals surface area (Å²) in [5.41, 5.74) is 3.90. The Morgan fingerprint density at radius 3 is 2.71 bits per heavy atom. The van der Waals surface area contributed by atoms with Gasteiger partial charge in [-0.15, -0.1) is 0 Å². The Morgan fingerprint density at radius 1 is 1.21 bits per heavy atom. The molecule has 0 aliphatic carbocycles. The van der Waals surface area contributed by atoms with Crippen molar-refractivity contribution < 1.29 is 0 Å². The number of fused-ring (bicyclic) bond motifs is 1. The van der Waals surface area contributed by atoms with Crippen molar-refractivity contribution in [2.45, 2.75) is 13.8 Å². The zero-order chi connectivity index (χ0) is 9.97. The van der Waals surface area contributed by atoms with Crippen LogP contribution in [0.1, 0.15) is 19.4 Å². The Morgan fingerprint density at radius 2 is 2.00 bits per heavy atom. The van der Waals surface area contributed by atoms with Crippen molar-refractivity contribution in [1.29, 1.82) is 0 Å². The summed E-state index contributed by atoms with van der Waals surface area (Å²) >= 11 is 0. The molecule has 0 atom stereocenters. The van der Waals surface area contributed by atoms with Gasteiger partial charge in [0.05, 0.1) is 0 Å². The Hall–Kier alpha value is -1.50. The van der Waals surface area contributed by atoms with Crippen molar-refractivity contribution >= 4 is 11.8 Å². The van der Waals surface area contributed by atoms with E-state index >= 15 is 0 Å². The highest BCUT2D eigenvalue weighted by Gasteiger charge is 2.13. The molecule has 14 heavy (non-hydrogen) atoms. The largest absolute Gasteiger partial charge is 0.342 e. The first kappa shape index (κ1) is 9.07. The van der Waals surface area contributed by atoms with E-state index in [0.717, 1.165) is 6.54 Å². The maximum Gasteiger partial charge on any atom is 0.0484 e. The van der Waals surface area contributed by atoms with Crippen LogP contribution in [0.2, 0.25) is 0 Å². The highest BCUT2D eigenvalue weighted by Crippen LogP contribution is 2.29. The van der Waals surface area contributed by atoms with Gasteiger partial charge < -0.3 is 4.90 Å². The van der Waals surface area contributed by atoms with Crippen LogP contribution >= 0.6 is 0 Å². The van der Waals surface area contributed by atoms with Crippen LogP contribution in [0.15, 0.2) is 42.1 Å². The molecule has 1 aliphatic rings. The first-order chi connectivity index (χ1) is 6.86. The van der Waals surface area contributed by atoms with Gasteiger partial charge in [0.2, 0.25) is 0 Å². The standard InChI is InChI=1S/C13H15N/c1-3-12-10-9-11-7-5-6-8-13(11)14(12)4-2/h3,5-10H,4H2,1-2H3/b12-3+. The molecule has 0 N–H and O–H groups in total. The van der Waals surface area contributed by atoms with Crippen LogP contribution in [-0.4, -0.2) is 6.54 Å². The van der Waals surface area contributed by atoms with Crippen LogP contribution in [0, 0.1) is 0 Å². The molecule has 0 amide bonds. The first-order valence-corrected chi connectivity index (χ1v) is 5.07. The predicted octanol–water partition coefficient (Wildman–Crippen LogP) is 3.44. The van der Waals surface area contributed by atoms with E-state index in [9.17, 15) is 0 Å². The summed E-state index contributed by atoms with van der Waals surface area (Å²) in [5.74, 6) is 0. The van der Waals surface area contributed by atoms with Gasteiger partial charge in [-0.2, -0.15) is 0 Å². The maximum atomic E-state index is 2.33. The summed E-state index contributed by atoms with van der Waals surface area (Å²) in [7, 11) is 0. The van der Waals surface area contributed by atoms with E-state index in [4.69, 9.17) is 0 Å². The molecule has 1 heteroatoms. The monoisotopic (exact) mass is 185 g/mol. The molecule has 0 saturated carbocycles. The number of benzene rings is 1. The van der Waals surface area contributed by atoms with E-state index in [-0.39, 0.29) is 0 Å². The number of rotatable bonds is 1. The normalized spacial score (nSPS) is 17.3. The molecule has 0 aromatic heterocycles. The molecule has 2 rings (SSSR count). The molecular formula is C13H15N. The molecule has 1 aromatic carbocycles. The third-order valence-corrected chi connectivity index (χ3v) is 2.58. The Kier molecular flexibility index (Phi) is 2.40. The van der Waals surface area contributed by atoms with Gasteiger partial charge in [-0.05, 0) is 31.6 Å². The molecule has 0 radical (unpaired) electrons. The van der Waals surface area contributed by atoms with Gasteiger partial charge in [-0.25, -0.2) is 0 Å². The molecule has 72 valence electrons. The number of anilines is 1. The summed E-state index contributed by atoms with van der Waals surface area (Å²) in [4.78, 5) is 2.33. The van der Waals surface area contributed by atoms with Crippen molar-refractivity contribution in [3.63, 3.8) is 0 Å². The van der Waals surface area contributed by atoms with Crippen LogP contribution in [0.5, 0.6) is 0 Å². The second-order valence-electron chi connectivity index (χ2n) is 3.35. The Labute approximate surface area is 85.4 Å². The molecule has 0 unspecified atom stereocenters. The molecule has 0 saturated heterocycles. The summed E-state index contributed by atoms with van der Waals surface area (Å²) in [6.45, 7) is 5.27. The lowest BCUT2D eigenvalue weighted by molar-refractivity contribution is 0.968. The first-order valence-electron chi connectivity index (χ1n) is 5.07. The highest BCUT2D eigenvalue weighted by molar-refractivity contribution is 5.76. The van der Waals surface area contributed by atoms with Gasteiger partial charge in [0.15, 0.2) is 0 Å². The fourth-order valence-corrected chi connectivity index (χ4v) is 1.88. The quantitative estimate of drug-likeness (QED) is 0.647. The number of para-hydroxylation sites is 1. The minimum atomic E-state index is 1.01. The Bertz CT molecular complexity index is 388. The fourth-order valence-electron chi connectivity index (χ4n) is 1.88. The zero-order valence-corrected chi connectivity index (χ0v) is 8.70. The number of allylic oxidation sites excluding steroid dienone is 2. The molecule has 1 aromatic rings. The topological polar surface area (TPSA) is 3.24 Å². The summed E-state index contributed by atoms with van der Waals surface area (Å²) < 4.78 is 0. The number of nitrogens with zero attached hydrogens (tertiary/aromatic N) is 1. The predicted molar refractivity (Wildman–Crippen MR) is 62.3 cm³/mol. The van der Waals surface area contributed by atoms with Crippen LogP contribution in [0.4, 0.5) is 5.69 Å². The lowest BCUT2D eigenvalue weighted by Gasteiger charge is -2.29. The molecule has 0 spiro atoms. The van der Waals surface area contributed by atoms with Crippen molar-refractivity contribution in [1.82, 2.24) is 0 Å². The van der Waals surface area contributed by atoms with E-state index < -0.39 is 0 Å². The number of hydrogen-bond donors (Lipinski definition) is 0. The summed E-state index contributed by atoms with van der Waals surface area (Å²) in [5, 5.41) is 0. The van der Waals surface area contributed by atoms with Gasteiger partial charge in [0.1, 0.15) is 0 Å². The van der Waals surface area contributed by atoms with Crippen LogP contribution < -0.4 is 4.90 Å². The lowest BCUT2D eigenvalue weighted by Crippen LogP contribution is -2.23. The molecule has 1 heterocycles. The minimum Gasteiger partial charge on any atom is -0.342 e. The average molecular weight is 185 g/mol. The van der Waals surface area contributed by atoms with Gasteiger partial charge in [-0.1, -0.05) is 30.4 Å². The third-order valence-electron chi connectivity index (χ3n) is 2.58. The van der Waals surface area contributed by atoms with E-state index in [2.05, 4.69) is 61.2 Å². The molecular weight excluding hydrogens is 170 g/mol. The van der Waals surface area contributed by atoms with Crippen LogP contribution in [0.3, 0.4) is 0 Å². The van der Waals surface area contributed by atoms with Crippen LogP contribution in [0.25, 0.3) is 6.08 Å². The van der Waals surface area contributed by atoms with E-state index in [1.807, 2.05) is 0 Å². The zero-order valence-electron chi connectivity index (χ0n) is 8.70. The second-order valence-corrected chi connectivity index (χ2v) is 3.35. The number of likely N-dealkylation sites (N-methyl/N-ethyl adjacent to an activating group) is 1. The molecule has 0 bridgehead atoms. The minimum absolute atomic E-state index is 1.01. The number of hydrogen-bond acceptors (Lipinski definition) is 1. The molecule has 0 fully saturated rings. The SMILES string of the molecule is C/C=C1\C=Cc2ccccc2N1CC. The van der Waals surface area contributed by atoms with Crippen molar-refractivity contribution in [2.24, 2.45) is 0 Å². The smallest absolute Gasteiger partial charge is 0.0484 e. The average Bonchev–Trinajstić information content (AvgIpc) is 2.27. The summed E-state index contributed by atoms with van der Waals surface area (Å²) in [6, 6.07) is 8.50. The lowest BCUT2D eigenvalue weighted by atomic mass is 10.1. The van der Waals surface area contributed by atoms with E-state index in [1.165, 1.54) is 16.9 Å². The van der Waals surface area contributed by atoms with E-state index in [1.54, 1.807) is 0 Å². The summed E-state index contributed by atoms with van der Waals surface area (Å²) in [6.07, 6.45) is 6.50. The second kappa shape index (κ2) is 3.70. The van der Waals surface area contributed by atoms with Crippen molar-refractivity contribution in [3.8, 4) is 0 Å². The highest BCUT2D eigenvalue weighted by atomic mass is 15.1. The molecule has 1 aliphatic heterocycles. The van der Waals surface area contributed by atoms with Crippen molar-refractivity contribution in [3.05, 3.63) is 47.7 Å². The third kappa shape index (κ3) is 1.35. The van der Waals surface area contributed by atoms with E-state index in [0.29, 0.717) is 0 Å². The molecule has 1 nitrogen and oxygen atoms in total. The van der Waals surface area contributed by atoms with Gasteiger partial charge in [0, 0.05) is 17.9 Å². The maximum absolute atomic E-state index is 2.33. The van der Waals surface area contributed by atoms with Gasteiger partial charge in [0.25, 0.3) is 0 Å². The Balaban J connectivity index is 2.52. The van der Waals surface area contributed by atoms with Gasteiger partial charge in [-0.3, -0.25) is 0 Å². The fraction of sp³-hybridized carbons (Fsp3) is 0.231. The van der Waals surface area contributed by atoms with Crippen LogP contribution in [-0.2, 0) is 0 Å². The van der Waals surface area contributed by atoms with Gasteiger partial charge >= 0.3 is 0 Å².